The van der Waals surface area contributed by atoms with Crippen molar-refractivity contribution in [3.05, 3.63) is 51.8 Å². The SMILES string of the molecule is CCc1cc(CC(N)c2ccc(Cl)cc2C)n(C)n1. The predicted octanol–water partition coefficient (Wildman–Crippen LogP) is 3.19. The molecule has 4 heteroatoms. The molecule has 0 aliphatic heterocycles. The molecule has 2 aromatic rings. The Morgan fingerprint density at radius 3 is 2.68 bits per heavy atom. The van der Waals surface area contributed by atoms with Crippen molar-refractivity contribution in [3.8, 4) is 0 Å². The second-order valence-electron chi connectivity index (χ2n) is 4.92. The maximum Gasteiger partial charge on any atom is 0.0624 e. The Bertz CT molecular complexity index is 575. The first kappa shape index (κ1) is 14.1. The third-order valence-electron chi connectivity index (χ3n) is 3.45. The molecule has 1 heterocycles. The molecule has 0 fully saturated rings. The molecule has 0 bridgehead atoms. The van der Waals surface area contributed by atoms with E-state index in [2.05, 4.69) is 18.1 Å². The van der Waals surface area contributed by atoms with Crippen molar-refractivity contribution in [1.29, 1.82) is 0 Å². The molecule has 0 saturated heterocycles. The topological polar surface area (TPSA) is 43.8 Å². The Balaban J connectivity index is 2.20. The molecule has 1 atom stereocenters. The highest BCUT2D eigenvalue weighted by Gasteiger charge is 2.13. The van der Waals surface area contributed by atoms with Crippen molar-refractivity contribution < 1.29 is 0 Å². The van der Waals surface area contributed by atoms with Crippen molar-refractivity contribution in [1.82, 2.24) is 9.78 Å². The Labute approximate surface area is 119 Å². The molecule has 0 saturated carbocycles. The Morgan fingerprint density at radius 1 is 1.37 bits per heavy atom. The largest absolute Gasteiger partial charge is 0.324 e. The van der Waals surface area contributed by atoms with Gasteiger partial charge in [-0.15, -0.1) is 0 Å². The van der Waals surface area contributed by atoms with Crippen LogP contribution in [0.4, 0.5) is 0 Å². The van der Waals surface area contributed by atoms with Crippen LogP contribution in [-0.4, -0.2) is 9.78 Å². The molecule has 0 aliphatic carbocycles. The summed E-state index contributed by atoms with van der Waals surface area (Å²) in [5, 5.41) is 5.20. The van der Waals surface area contributed by atoms with Crippen molar-refractivity contribution in [2.24, 2.45) is 12.8 Å². The van der Waals surface area contributed by atoms with Crippen LogP contribution in [0, 0.1) is 6.92 Å². The van der Waals surface area contributed by atoms with Crippen LogP contribution in [0.1, 0.15) is 35.5 Å². The summed E-state index contributed by atoms with van der Waals surface area (Å²) in [7, 11) is 1.97. The summed E-state index contributed by atoms with van der Waals surface area (Å²) >= 11 is 5.97. The zero-order chi connectivity index (χ0) is 14.0. The van der Waals surface area contributed by atoms with Gasteiger partial charge in [-0.1, -0.05) is 24.6 Å². The summed E-state index contributed by atoms with van der Waals surface area (Å²) in [6.45, 7) is 4.15. The van der Waals surface area contributed by atoms with E-state index in [1.54, 1.807) is 0 Å². The molecule has 0 spiro atoms. The summed E-state index contributed by atoms with van der Waals surface area (Å²) in [6, 6.07) is 7.96. The van der Waals surface area contributed by atoms with E-state index in [0.717, 1.165) is 34.7 Å². The molecule has 0 aliphatic rings. The number of benzene rings is 1. The molecule has 19 heavy (non-hydrogen) atoms. The van der Waals surface area contributed by atoms with E-state index in [1.165, 1.54) is 5.69 Å². The van der Waals surface area contributed by atoms with E-state index in [4.69, 9.17) is 17.3 Å². The fourth-order valence-electron chi connectivity index (χ4n) is 2.33. The zero-order valence-corrected chi connectivity index (χ0v) is 12.4. The van der Waals surface area contributed by atoms with Gasteiger partial charge in [0.1, 0.15) is 0 Å². The Hall–Kier alpha value is -1.32. The van der Waals surface area contributed by atoms with Crippen molar-refractivity contribution in [2.75, 3.05) is 0 Å². The fourth-order valence-corrected chi connectivity index (χ4v) is 2.55. The lowest BCUT2D eigenvalue weighted by molar-refractivity contribution is 0.636. The van der Waals surface area contributed by atoms with E-state index in [0.29, 0.717) is 0 Å². The molecule has 2 rings (SSSR count). The third kappa shape index (κ3) is 3.17. The van der Waals surface area contributed by atoms with E-state index >= 15 is 0 Å². The van der Waals surface area contributed by atoms with Gasteiger partial charge in [0.25, 0.3) is 0 Å². The first-order chi connectivity index (χ1) is 9.01. The van der Waals surface area contributed by atoms with Crippen molar-refractivity contribution >= 4 is 11.6 Å². The van der Waals surface area contributed by atoms with Crippen molar-refractivity contribution in [2.45, 2.75) is 32.7 Å². The number of aromatic nitrogens is 2. The molecule has 2 N–H and O–H groups in total. The van der Waals surface area contributed by atoms with Crippen LogP contribution in [0.5, 0.6) is 0 Å². The van der Waals surface area contributed by atoms with E-state index < -0.39 is 0 Å². The zero-order valence-electron chi connectivity index (χ0n) is 11.7. The van der Waals surface area contributed by atoms with Crippen LogP contribution >= 0.6 is 11.6 Å². The van der Waals surface area contributed by atoms with E-state index in [9.17, 15) is 0 Å². The quantitative estimate of drug-likeness (QED) is 0.933. The first-order valence-corrected chi connectivity index (χ1v) is 6.92. The van der Waals surface area contributed by atoms with Crippen LogP contribution in [0.15, 0.2) is 24.3 Å². The van der Waals surface area contributed by atoms with Gasteiger partial charge in [-0.3, -0.25) is 4.68 Å². The molecule has 3 nitrogen and oxygen atoms in total. The fraction of sp³-hybridized carbons (Fsp3) is 0.400. The van der Waals surface area contributed by atoms with Crippen molar-refractivity contribution in [3.63, 3.8) is 0 Å². The van der Waals surface area contributed by atoms with E-state index in [-0.39, 0.29) is 6.04 Å². The van der Waals surface area contributed by atoms with E-state index in [1.807, 2.05) is 36.9 Å². The molecule has 1 aromatic heterocycles. The molecule has 102 valence electrons. The van der Waals surface area contributed by atoms with Gasteiger partial charge in [-0.2, -0.15) is 5.10 Å². The molecular weight excluding hydrogens is 258 g/mol. The Morgan fingerprint density at radius 2 is 2.11 bits per heavy atom. The normalized spacial score (nSPS) is 12.7. The smallest absolute Gasteiger partial charge is 0.0624 e. The second kappa shape index (κ2) is 5.76. The summed E-state index contributed by atoms with van der Waals surface area (Å²) in [4.78, 5) is 0. The lowest BCUT2D eigenvalue weighted by Crippen LogP contribution is -2.16. The number of hydrogen-bond donors (Lipinski definition) is 1. The minimum absolute atomic E-state index is 0.0302. The number of aryl methyl sites for hydroxylation is 3. The van der Waals surface area contributed by atoms with Gasteiger partial charge in [0, 0.05) is 30.2 Å². The standard InChI is InChI=1S/C15H20ClN3/c1-4-12-8-13(19(3)18-12)9-15(17)14-6-5-11(16)7-10(14)2/h5-8,15H,4,9,17H2,1-3H3. The summed E-state index contributed by atoms with van der Waals surface area (Å²) in [6.07, 6.45) is 1.73. The molecule has 0 amide bonds. The van der Waals surface area contributed by atoms with Crippen LogP contribution in [0.3, 0.4) is 0 Å². The van der Waals surface area contributed by atoms with Gasteiger partial charge in [-0.25, -0.2) is 0 Å². The lowest BCUT2D eigenvalue weighted by Gasteiger charge is -2.15. The van der Waals surface area contributed by atoms with Crippen LogP contribution in [-0.2, 0) is 19.9 Å². The maximum absolute atomic E-state index is 6.31. The molecule has 1 aromatic carbocycles. The summed E-state index contributed by atoms with van der Waals surface area (Å²) in [5.41, 5.74) is 10.9. The van der Waals surface area contributed by atoms with Gasteiger partial charge in [0.05, 0.1) is 5.69 Å². The molecule has 0 radical (unpaired) electrons. The number of hydrogen-bond acceptors (Lipinski definition) is 2. The average Bonchev–Trinajstić information content (AvgIpc) is 2.70. The monoisotopic (exact) mass is 277 g/mol. The number of nitrogens with zero attached hydrogens (tertiary/aromatic N) is 2. The minimum Gasteiger partial charge on any atom is -0.324 e. The molecular formula is C15H20ClN3. The van der Waals surface area contributed by atoms with Crippen LogP contribution in [0.25, 0.3) is 0 Å². The summed E-state index contributed by atoms with van der Waals surface area (Å²) < 4.78 is 1.92. The van der Waals surface area contributed by atoms with Crippen LogP contribution < -0.4 is 5.73 Å². The average molecular weight is 278 g/mol. The van der Waals surface area contributed by atoms with Gasteiger partial charge < -0.3 is 5.73 Å². The first-order valence-electron chi connectivity index (χ1n) is 6.54. The highest BCUT2D eigenvalue weighted by molar-refractivity contribution is 6.30. The second-order valence-corrected chi connectivity index (χ2v) is 5.35. The van der Waals surface area contributed by atoms with Gasteiger partial charge >= 0.3 is 0 Å². The Kier molecular flexibility index (Phi) is 4.27. The number of nitrogens with two attached hydrogens (primary N) is 1. The highest BCUT2D eigenvalue weighted by Crippen LogP contribution is 2.23. The van der Waals surface area contributed by atoms with Crippen LogP contribution in [0.2, 0.25) is 5.02 Å². The highest BCUT2D eigenvalue weighted by atomic mass is 35.5. The molecule has 1 unspecified atom stereocenters. The van der Waals surface area contributed by atoms with Gasteiger partial charge in [0.2, 0.25) is 0 Å². The summed E-state index contributed by atoms with van der Waals surface area (Å²) in [5.74, 6) is 0. The lowest BCUT2D eigenvalue weighted by atomic mass is 9.98. The maximum atomic E-state index is 6.31. The third-order valence-corrected chi connectivity index (χ3v) is 3.69. The van der Waals surface area contributed by atoms with Gasteiger partial charge in [-0.05, 0) is 42.7 Å². The predicted molar refractivity (Wildman–Crippen MR) is 79.4 cm³/mol. The number of halogens is 1. The minimum atomic E-state index is -0.0302. The van der Waals surface area contributed by atoms with Gasteiger partial charge in [0.15, 0.2) is 0 Å². The number of rotatable bonds is 4.